The Morgan fingerprint density at radius 1 is 1.42 bits per heavy atom. The SMILES string of the molecule is C#CCOSc1ccc(C)cc1. The summed E-state index contributed by atoms with van der Waals surface area (Å²) in [4.78, 5) is 1.08. The minimum atomic E-state index is 0.346. The molecule has 1 nitrogen and oxygen atoms in total. The third kappa shape index (κ3) is 3.00. The van der Waals surface area contributed by atoms with Crippen LogP contribution in [0.2, 0.25) is 0 Å². The average molecular weight is 178 g/mol. The fourth-order valence-electron chi connectivity index (χ4n) is 0.725. The van der Waals surface area contributed by atoms with E-state index in [2.05, 4.69) is 12.8 Å². The lowest BCUT2D eigenvalue weighted by Gasteiger charge is -1.98. The fraction of sp³-hybridized carbons (Fsp3) is 0.200. The van der Waals surface area contributed by atoms with Gasteiger partial charge in [-0.25, -0.2) is 0 Å². The lowest BCUT2D eigenvalue weighted by Crippen LogP contribution is -1.80. The van der Waals surface area contributed by atoms with Gasteiger partial charge in [0, 0.05) is 16.9 Å². The van der Waals surface area contributed by atoms with Gasteiger partial charge in [0.25, 0.3) is 0 Å². The second-order valence-electron chi connectivity index (χ2n) is 2.36. The molecule has 0 aliphatic heterocycles. The number of rotatable bonds is 3. The molecular weight excluding hydrogens is 168 g/mol. The van der Waals surface area contributed by atoms with Crippen LogP contribution in [0.4, 0.5) is 0 Å². The van der Waals surface area contributed by atoms with Gasteiger partial charge in [0.1, 0.15) is 6.61 Å². The minimum absolute atomic E-state index is 0.346. The van der Waals surface area contributed by atoms with Crippen LogP contribution < -0.4 is 0 Å². The van der Waals surface area contributed by atoms with Gasteiger partial charge in [-0.05, 0) is 19.1 Å². The van der Waals surface area contributed by atoms with Gasteiger partial charge in [-0.1, -0.05) is 23.6 Å². The van der Waals surface area contributed by atoms with Crippen LogP contribution >= 0.6 is 12.0 Å². The maximum absolute atomic E-state index is 5.09. The van der Waals surface area contributed by atoms with Crippen LogP contribution in [-0.2, 0) is 4.18 Å². The summed E-state index contributed by atoms with van der Waals surface area (Å²) in [6.45, 7) is 2.40. The van der Waals surface area contributed by atoms with Gasteiger partial charge in [0.2, 0.25) is 0 Å². The van der Waals surface area contributed by atoms with Gasteiger partial charge in [0.15, 0.2) is 0 Å². The molecule has 0 spiro atoms. The van der Waals surface area contributed by atoms with Crippen molar-refractivity contribution in [3.05, 3.63) is 29.8 Å². The van der Waals surface area contributed by atoms with Crippen molar-refractivity contribution in [2.75, 3.05) is 6.61 Å². The predicted octanol–water partition coefficient (Wildman–Crippen LogP) is 2.65. The molecular formula is C10H10OS. The zero-order valence-corrected chi connectivity index (χ0v) is 7.73. The molecule has 0 unspecified atom stereocenters. The maximum Gasteiger partial charge on any atom is 0.122 e. The van der Waals surface area contributed by atoms with Crippen molar-refractivity contribution < 1.29 is 4.18 Å². The summed E-state index contributed by atoms with van der Waals surface area (Å²) in [5, 5.41) is 0. The number of terminal acetylenes is 1. The maximum atomic E-state index is 5.09. The molecule has 0 fully saturated rings. The van der Waals surface area contributed by atoms with Crippen molar-refractivity contribution in [2.45, 2.75) is 11.8 Å². The van der Waals surface area contributed by atoms with Crippen molar-refractivity contribution in [1.29, 1.82) is 0 Å². The lowest BCUT2D eigenvalue weighted by atomic mass is 10.2. The molecule has 0 aromatic heterocycles. The first kappa shape index (κ1) is 9.18. The number of hydrogen-bond acceptors (Lipinski definition) is 2. The van der Waals surface area contributed by atoms with Gasteiger partial charge in [-0.2, -0.15) is 0 Å². The Kier molecular flexibility index (Phi) is 3.72. The van der Waals surface area contributed by atoms with E-state index in [1.807, 2.05) is 24.3 Å². The highest BCUT2D eigenvalue weighted by molar-refractivity contribution is 7.94. The average Bonchev–Trinajstić information content (AvgIpc) is 2.09. The molecule has 0 saturated carbocycles. The largest absolute Gasteiger partial charge is 0.297 e. The summed E-state index contributed by atoms with van der Waals surface area (Å²) in [7, 11) is 0. The normalized spacial score (nSPS) is 9.33. The first-order valence-electron chi connectivity index (χ1n) is 3.62. The summed E-state index contributed by atoms with van der Waals surface area (Å²) in [6, 6.07) is 8.11. The molecule has 0 bridgehead atoms. The summed E-state index contributed by atoms with van der Waals surface area (Å²) in [5.41, 5.74) is 1.25. The third-order valence-corrected chi connectivity index (χ3v) is 2.02. The summed E-state index contributed by atoms with van der Waals surface area (Å²) in [5.74, 6) is 2.41. The second-order valence-corrected chi connectivity index (χ2v) is 3.24. The van der Waals surface area contributed by atoms with Crippen LogP contribution in [0.5, 0.6) is 0 Å². The number of aryl methyl sites for hydroxylation is 1. The molecule has 0 saturated heterocycles. The zero-order chi connectivity index (χ0) is 8.81. The highest BCUT2D eigenvalue weighted by Crippen LogP contribution is 2.18. The molecule has 1 aromatic rings. The summed E-state index contributed by atoms with van der Waals surface area (Å²) >= 11 is 1.31. The van der Waals surface area contributed by atoms with E-state index in [4.69, 9.17) is 10.6 Å². The van der Waals surface area contributed by atoms with Crippen LogP contribution in [0.25, 0.3) is 0 Å². The standard InChI is InChI=1S/C10H10OS/c1-3-8-11-12-10-6-4-9(2)5-7-10/h1,4-7H,8H2,2H3. The van der Waals surface area contributed by atoms with Gasteiger partial charge >= 0.3 is 0 Å². The van der Waals surface area contributed by atoms with Gasteiger partial charge in [-0.15, -0.1) is 6.42 Å². The fourth-order valence-corrected chi connectivity index (χ4v) is 1.24. The molecule has 1 aromatic carbocycles. The minimum Gasteiger partial charge on any atom is -0.297 e. The summed E-state index contributed by atoms with van der Waals surface area (Å²) in [6.07, 6.45) is 5.03. The van der Waals surface area contributed by atoms with Crippen molar-refractivity contribution in [1.82, 2.24) is 0 Å². The highest BCUT2D eigenvalue weighted by atomic mass is 32.2. The van der Waals surface area contributed by atoms with E-state index in [-0.39, 0.29) is 0 Å². The van der Waals surface area contributed by atoms with Crippen molar-refractivity contribution in [3.63, 3.8) is 0 Å². The molecule has 12 heavy (non-hydrogen) atoms. The Balaban J connectivity index is 2.43. The van der Waals surface area contributed by atoms with E-state index in [0.29, 0.717) is 6.61 Å². The predicted molar refractivity (Wildman–Crippen MR) is 51.8 cm³/mol. The van der Waals surface area contributed by atoms with E-state index < -0.39 is 0 Å². The monoisotopic (exact) mass is 178 g/mol. The lowest BCUT2D eigenvalue weighted by molar-refractivity contribution is 0.438. The number of benzene rings is 1. The molecule has 62 valence electrons. The van der Waals surface area contributed by atoms with E-state index in [1.165, 1.54) is 17.6 Å². The van der Waals surface area contributed by atoms with E-state index in [9.17, 15) is 0 Å². The molecule has 2 heteroatoms. The van der Waals surface area contributed by atoms with E-state index in [0.717, 1.165) is 4.90 Å². The van der Waals surface area contributed by atoms with Crippen molar-refractivity contribution in [3.8, 4) is 12.3 Å². The highest BCUT2D eigenvalue weighted by Gasteiger charge is 1.92. The van der Waals surface area contributed by atoms with Crippen LogP contribution in [-0.4, -0.2) is 6.61 Å². The quantitative estimate of drug-likeness (QED) is 0.400. The molecule has 0 radical (unpaired) electrons. The summed E-state index contributed by atoms with van der Waals surface area (Å²) < 4.78 is 5.09. The first-order valence-corrected chi connectivity index (χ1v) is 4.36. The van der Waals surface area contributed by atoms with Gasteiger partial charge in [-0.3, -0.25) is 4.18 Å². The Labute approximate surface area is 77.3 Å². The Bertz CT molecular complexity index is 271. The van der Waals surface area contributed by atoms with Crippen LogP contribution in [0.3, 0.4) is 0 Å². The van der Waals surface area contributed by atoms with Crippen molar-refractivity contribution >= 4 is 12.0 Å². The molecule has 0 aliphatic rings. The van der Waals surface area contributed by atoms with Crippen LogP contribution in [0, 0.1) is 19.3 Å². The van der Waals surface area contributed by atoms with Gasteiger partial charge < -0.3 is 0 Å². The van der Waals surface area contributed by atoms with Crippen molar-refractivity contribution in [2.24, 2.45) is 0 Å². The van der Waals surface area contributed by atoms with E-state index in [1.54, 1.807) is 0 Å². The van der Waals surface area contributed by atoms with Crippen LogP contribution in [0.1, 0.15) is 5.56 Å². The number of hydrogen-bond donors (Lipinski definition) is 0. The molecule has 0 aliphatic carbocycles. The van der Waals surface area contributed by atoms with Gasteiger partial charge in [0.05, 0.1) is 0 Å². The molecule has 0 N–H and O–H groups in total. The molecule has 1 rings (SSSR count). The Morgan fingerprint density at radius 2 is 2.08 bits per heavy atom. The first-order chi connectivity index (χ1) is 5.83. The topological polar surface area (TPSA) is 9.23 Å². The molecule has 0 amide bonds. The Hall–Kier alpha value is -0.910. The molecule has 0 heterocycles. The van der Waals surface area contributed by atoms with E-state index >= 15 is 0 Å². The third-order valence-electron chi connectivity index (χ3n) is 1.32. The molecule has 0 atom stereocenters. The Morgan fingerprint density at radius 3 is 2.67 bits per heavy atom. The smallest absolute Gasteiger partial charge is 0.122 e. The zero-order valence-electron chi connectivity index (χ0n) is 6.91. The second kappa shape index (κ2) is 4.87. The van der Waals surface area contributed by atoms with Crippen LogP contribution in [0.15, 0.2) is 29.2 Å².